The number of hydrogen-bond acceptors (Lipinski definition) is 4. The zero-order valence-electron chi connectivity index (χ0n) is 11.6. The van der Waals surface area contributed by atoms with Crippen molar-refractivity contribution in [1.82, 2.24) is 0 Å². The highest BCUT2D eigenvalue weighted by Crippen LogP contribution is 2.33. The number of carboxylic acid groups (broad SMARTS) is 1. The van der Waals surface area contributed by atoms with Crippen LogP contribution in [0.15, 0.2) is 4.99 Å². The van der Waals surface area contributed by atoms with Crippen molar-refractivity contribution in [2.75, 3.05) is 6.54 Å². The maximum absolute atomic E-state index is 10.4. The number of ether oxygens (including phenoxy) is 2. The van der Waals surface area contributed by atoms with Gasteiger partial charge in [0.2, 0.25) is 0 Å². The Balaban J connectivity index is 0.000000771. The van der Waals surface area contributed by atoms with E-state index in [1.807, 2.05) is 27.7 Å². The molecule has 2 unspecified atom stereocenters. The van der Waals surface area contributed by atoms with Crippen LogP contribution in [-0.2, 0) is 14.3 Å². The van der Waals surface area contributed by atoms with Crippen molar-refractivity contribution < 1.29 is 19.4 Å². The molecule has 0 radical (unpaired) electrons. The van der Waals surface area contributed by atoms with Crippen LogP contribution >= 0.6 is 0 Å². The second-order valence-corrected chi connectivity index (χ2v) is 4.67. The molecular formula is C13H23NO4. The van der Waals surface area contributed by atoms with E-state index in [1.54, 1.807) is 0 Å². The van der Waals surface area contributed by atoms with Crippen LogP contribution in [0.2, 0.25) is 0 Å². The van der Waals surface area contributed by atoms with Gasteiger partial charge >= 0.3 is 5.97 Å². The zero-order valence-corrected chi connectivity index (χ0v) is 11.6. The van der Waals surface area contributed by atoms with Crippen molar-refractivity contribution in [2.24, 2.45) is 4.99 Å². The first-order valence-electron chi connectivity index (χ1n) is 6.58. The van der Waals surface area contributed by atoms with Gasteiger partial charge in [0.15, 0.2) is 5.79 Å². The first-order chi connectivity index (χ1) is 8.48. The maximum Gasteiger partial charge on any atom is 0.303 e. The lowest BCUT2D eigenvalue weighted by molar-refractivity contribution is -0.142. The molecule has 2 atom stereocenters. The highest BCUT2D eigenvalue weighted by Gasteiger charge is 2.46. The summed E-state index contributed by atoms with van der Waals surface area (Å²) in [6.07, 6.45) is 1.44. The molecule has 0 aromatic carbocycles. The summed E-state index contributed by atoms with van der Waals surface area (Å²) in [4.78, 5) is 14.8. The monoisotopic (exact) mass is 257 g/mol. The van der Waals surface area contributed by atoms with Gasteiger partial charge in [-0.05, 0) is 26.7 Å². The molecule has 0 spiro atoms. The van der Waals surface area contributed by atoms with Crippen LogP contribution in [0.3, 0.4) is 0 Å². The third-order valence-electron chi connectivity index (χ3n) is 2.81. The predicted octanol–water partition coefficient (Wildman–Crippen LogP) is 2.24. The summed E-state index contributed by atoms with van der Waals surface area (Å²) in [5.74, 6) is -1.30. The third kappa shape index (κ3) is 3.78. The van der Waals surface area contributed by atoms with E-state index in [2.05, 4.69) is 4.99 Å². The SMILES string of the molecule is CC.CC1(C)OC2CN=C(CCCC(=O)O)C2O1. The summed E-state index contributed by atoms with van der Waals surface area (Å²) in [6, 6.07) is 0. The number of rotatable bonds is 4. The van der Waals surface area contributed by atoms with E-state index < -0.39 is 11.8 Å². The molecule has 1 N–H and O–H groups in total. The van der Waals surface area contributed by atoms with Gasteiger partial charge in [0.05, 0.1) is 6.54 Å². The summed E-state index contributed by atoms with van der Waals surface area (Å²) in [7, 11) is 0. The van der Waals surface area contributed by atoms with Crippen molar-refractivity contribution >= 4 is 11.7 Å². The first kappa shape index (κ1) is 15.1. The Morgan fingerprint density at radius 3 is 2.72 bits per heavy atom. The largest absolute Gasteiger partial charge is 0.481 e. The van der Waals surface area contributed by atoms with E-state index in [4.69, 9.17) is 14.6 Å². The maximum atomic E-state index is 10.4. The fraction of sp³-hybridized carbons (Fsp3) is 0.846. The summed E-state index contributed by atoms with van der Waals surface area (Å²) < 4.78 is 11.4. The van der Waals surface area contributed by atoms with E-state index in [9.17, 15) is 4.79 Å². The van der Waals surface area contributed by atoms with Gasteiger partial charge < -0.3 is 14.6 Å². The average molecular weight is 257 g/mol. The zero-order chi connectivity index (χ0) is 13.8. The quantitative estimate of drug-likeness (QED) is 0.838. The fourth-order valence-corrected chi connectivity index (χ4v) is 2.19. The topological polar surface area (TPSA) is 68.1 Å². The number of carbonyl (C=O) groups is 1. The van der Waals surface area contributed by atoms with Crippen LogP contribution in [0, 0.1) is 0 Å². The molecule has 2 rings (SSSR count). The standard InChI is InChI=1S/C11H17NO4.C2H6/c1-11(2)15-8-6-12-7(10(8)16-11)4-3-5-9(13)14;1-2/h8,10H,3-6H2,1-2H3,(H,13,14);1-2H3. The molecule has 5 heteroatoms. The molecule has 0 bridgehead atoms. The fourth-order valence-electron chi connectivity index (χ4n) is 2.19. The van der Waals surface area contributed by atoms with Crippen molar-refractivity contribution in [3.05, 3.63) is 0 Å². The molecule has 104 valence electrons. The molecule has 0 aromatic rings. The van der Waals surface area contributed by atoms with E-state index >= 15 is 0 Å². The Morgan fingerprint density at radius 1 is 1.44 bits per heavy atom. The Morgan fingerprint density at radius 2 is 2.11 bits per heavy atom. The summed E-state index contributed by atoms with van der Waals surface area (Å²) >= 11 is 0. The molecule has 0 saturated carbocycles. The molecule has 2 aliphatic heterocycles. The van der Waals surface area contributed by atoms with Gasteiger partial charge in [-0.1, -0.05) is 13.8 Å². The molecule has 0 aromatic heterocycles. The average Bonchev–Trinajstić information content (AvgIpc) is 2.77. The van der Waals surface area contributed by atoms with Crippen molar-refractivity contribution in [3.8, 4) is 0 Å². The van der Waals surface area contributed by atoms with Crippen LogP contribution in [-0.4, -0.2) is 41.3 Å². The van der Waals surface area contributed by atoms with Crippen molar-refractivity contribution in [1.29, 1.82) is 0 Å². The van der Waals surface area contributed by atoms with Gasteiger partial charge in [-0.15, -0.1) is 0 Å². The molecule has 0 aliphatic carbocycles. The van der Waals surface area contributed by atoms with Crippen LogP contribution < -0.4 is 0 Å². The number of hydrogen-bond donors (Lipinski definition) is 1. The number of aliphatic carboxylic acids is 1. The Hall–Kier alpha value is -0.940. The van der Waals surface area contributed by atoms with Gasteiger partial charge in [-0.2, -0.15) is 0 Å². The van der Waals surface area contributed by atoms with Crippen LogP contribution in [0.5, 0.6) is 0 Å². The molecule has 1 fully saturated rings. The minimum absolute atomic E-state index is 0.0230. The highest BCUT2D eigenvalue weighted by molar-refractivity contribution is 5.91. The number of nitrogens with zero attached hydrogens (tertiary/aromatic N) is 1. The highest BCUT2D eigenvalue weighted by atomic mass is 16.8. The second-order valence-electron chi connectivity index (χ2n) is 4.67. The Labute approximate surface area is 108 Å². The lowest BCUT2D eigenvalue weighted by atomic mass is 10.1. The van der Waals surface area contributed by atoms with Gasteiger partial charge in [0.25, 0.3) is 0 Å². The van der Waals surface area contributed by atoms with E-state index in [-0.39, 0.29) is 18.6 Å². The summed E-state index contributed by atoms with van der Waals surface area (Å²) in [6.45, 7) is 8.41. The van der Waals surface area contributed by atoms with Crippen LogP contribution in [0.4, 0.5) is 0 Å². The number of aliphatic imine (C=N–C) groups is 1. The second kappa shape index (κ2) is 6.29. The lowest BCUT2D eigenvalue weighted by Crippen LogP contribution is -2.27. The Kier molecular flexibility index (Phi) is 5.28. The van der Waals surface area contributed by atoms with Crippen LogP contribution in [0.25, 0.3) is 0 Å². The van der Waals surface area contributed by atoms with Gasteiger partial charge in [0.1, 0.15) is 12.2 Å². The molecule has 0 amide bonds. The van der Waals surface area contributed by atoms with E-state index in [1.165, 1.54) is 0 Å². The summed E-state index contributed by atoms with van der Waals surface area (Å²) in [5.41, 5.74) is 0.955. The number of fused-ring (bicyclic) bond motifs is 1. The van der Waals surface area contributed by atoms with Gasteiger partial charge in [-0.3, -0.25) is 9.79 Å². The number of carboxylic acids is 1. The van der Waals surface area contributed by atoms with Crippen molar-refractivity contribution in [3.63, 3.8) is 0 Å². The summed E-state index contributed by atoms with van der Waals surface area (Å²) in [5, 5.41) is 8.56. The first-order valence-corrected chi connectivity index (χ1v) is 6.58. The van der Waals surface area contributed by atoms with Gasteiger partial charge in [-0.25, -0.2) is 0 Å². The van der Waals surface area contributed by atoms with E-state index in [0.29, 0.717) is 19.4 Å². The normalized spacial score (nSPS) is 28.1. The van der Waals surface area contributed by atoms with Crippen molar-refractivity contribution in [2.45, 2.75) is 65.0 Å². The third-order valence-corrected chi connectivity index (χ3v) is 2.81. The van der Waals surface area contributed by atoms with Gasteiger partial charge in [0, 0.05) is 12.1 Å². The van der Waals surface area contributed by atoms with Crippen LogP contribution in [0.1, 0.15) is 47.0 Å². The lowest BCUT2D eigenvalue weighted by Gasteiger charge is -2.18. The molecule has 18 heavy (non-hydrogen) atoms. The molecule has 5 nitrogen and oxygen atoms in total. The minimum atomic E-state index is -0.765. The van der Waals surface area contributed by atoms with E-state index in [0.717, 1.165) is 5.71 Å². The predicted molar refractivity (Wildman–Crippen MR) is 69.0 cm³/mol. The molecule has 1 saturated heterocycles. The minimum Gasteiger partial charge on any atom is -0.481 e. The Bertz CT molecular complexity index is 325. The molecule has 2 heterocycles. The molecular weight excluding hydrogens is 234 g/mol. The smallest absolute Gasteiger partial charge is 0.303 e. The molecule has 2 aliphatic rings.